The number of likely N-dealkylation sites (tertiary alicyclic amines) is 1. The van der Waals surface area contributed by atoms with Gasteiger partial charge in [-0.05, 0) is 37.5 Å². The molecule has 0 bridgehead atoms. The SMILES string of the molecule is COC(=O)[C@H](c1ccccc1Cl)N1CC[C@@H](SCOC(=O)OC(C)C)/C(=C/C(=O)O)C1. The molecule has 0 amide bonds. The van der Waals surface area contributed by atoms with E-state index in [-0.39, 0.29) is 23.8 Å². The molecule has 0 aliphatic carbocycles. The summed E-state index contributed by atoms with van der Waals surface area (Å²) in [5.74, 6) is -1.54. The Hall–Kier alpha value is -2.23. The first-order chi connectivity index (χ1) is 14.7. The number of halogens is 1. The summed E-state index contributed by atoms with van der Waals surface area (Å²) in [6.45, 7) is 4.16. The molecular formula is C21H26ClNO7S. The molecule has 0 unspecified atom stereocenters. The number of aliphatic carboxylic acids is 1. The maximum atomic E-state index is 12.6. The summed E-state index contributed by atoms with van der Waals surface area (Å²) in [6, 6.07) is 6.22. The Kier molecular flexibility index (Phi) is 9.67. The van der Waals surface area contributed by atoms with Crippen molar-refractivity contribution in [3.8, 4) is 0 Å². The van der Waals surface area contributed by atoms with Crippen molar-refractivity contribution in [1.82, 2.24) is 4.90 Å². The lowest BCUT2D eigenvalue weighted by molar-refractivity contribution is -0.147. The number of thioether (sulfide) groups is 1. The second-order valence-corrected chi connectivity index (χ2v) is 8.64. The molecule has 1 fully saturated rings. The summed E-state index contributed by atoms with van der Waals surface area (Å²) in [6.07, 6.45) is 0.623. The van der Waals surface area contributed by atoms with Crippen molar-refractivity contribution in [2.75, 3.05) is 26.1 Å². The Bertz CT molecular complexity index is 830. The summed E-state index contributed by atoms with van der Waals surface area (Å²) in [7, 11) is 1.30. The van der Waals surface area contributed by atoms with Gasteiger partial charge in [0, 0.05) is 29.4 Å². The first-order valence-electron chi connectivity index (χ1n) is 9.67. The van der Waals surface area contributed by atoms with E-state index < -0.39 is 24.1 Å². The highest BCUT2D eigenvalue weighted by Gasteiger charge is 2.35. The van der Waals surface area contributed by atoms with E-state index in [9.17, 15) is 19.5 Å². The lowest BCUT2D eigenvalue weighted by atomic mass is 9.98. The van der Waals surface area contributed by atoms with Gasteiger partial charge >= 0.3 is 18.1 Å². The minimum absolute atomic E-state index is 0.0259. The van der Waals surface area contributed by atoms with Crippen molar-refractivity contribution < 1.29 is 33.7 Å². The third kappa shape index (κ3) is 7.45. The molecular weight excluding hydrogens is 446 g/mol. The van der Waals surface area contributed by atoms with Crippen molar-refractivity contribution in [2.45, 2.75) is 37.7 Å². The lowest BCUT2D eigenvalue weighted by Crippen LogP contribution is -2.43. The molecule has 0 radical (unpaired) electrons. The number of hydrogen-bond donors (Lipinski definition) is 1. The molecule has 1 N–H and O–H groups in total. The number of hydrogen-bond acceptors (Lipinski definition) is 8. The van der Waals surface area contributed by atoms with Crippen molar-refractivity contribution in [2.24, 2.45) is 0 Å². The van der Waals surface area contributed by atoms with E-state index in [0.717, 1.165) is 6.08 Å². The van der Waals surface area contributed by atoms with Crippen LogP contribution in [0.4, 0.5) is 4.79 Å². The topological polar surface area (TPSA) is 102 Å². The number of carboxylic acid groups (broad SMARTS) is 1. The molecule has 1 saturated heterocycles. The van der Waals surface area contributed by atoms with Gasteiger partial charge in [0.15, 0.2) is 0 Å². The van der Waals surface area contributed by atoms with Gasteiger partial charge in [-0.25, -0.2) is 14.4 Å². The number of esters is 1. The summed E-state index contributed by atoms with van der Waals surface area (Å²) >= 11 is 7.62. The molecule has 0 saturated carbocycles. The second kappa shape index (κ2) is 12.0. The molecule has 31 heavy (non-hydrogen) atoms. The molecule has 1 heterocycles. The molecule has 8 nitrogen and oxygen atoms in total. The lowest BCUT2D eigenvalue weighted by Gasteiger charge is -2.37. The van der Waals surface area contributed by atoms with Gasteiger partial charge in [0.25, 0.3) is 0 Å². The third-order valence-electron chi connectivity index (χ3n) is 4.55. The largest absolute Gasteiger partial charge is 0.509 e. The van der Waals surface area contributed by atoms with Crippen molar-refractivity contribution in [3.05, 3.63) is 46.5 Å². The number of nitrogens with zero attached hydrogens (tertiary/aromatic N) is 1. The van der Waals surface area contributed by atoms with Crippen molar-refractivity contribution in [1.29, 1.82) is 0 Å². The van der Waals surface area contributed by atoms with E-state index in [1.165, 1.54) is 18.9 Å². The molecule has 2 rings (SSSR count). The Labute approximate surface area is 190 Å². The number of carbonyl (C=O) groups is 3. The van der Waals surface area contributed by atoms with Gasteiger partial charge in [-0.3, -0.25) is 4.90 Å². The number of carboxylic acids is 1. The van der Waals surface area contributed by atoms with Crippen molar-refractivity contribution >= 4 is 41.5 Å². The van der Waals surface area contributed by atoms with Gasteiger partial charge in [0.05, 0.1) is 13.2 Å². The van der Waals surface area contributed by atoms with Crippen LogP contribution in [0, 0.1) is 0 Å². The number of ether oxygens (including phenoxy) is 3. The maximum absolute atomic E-state index is 12.6. The molecule has 2 atom stereocenters. The van der Waals surface area contributed by atoms with Gasteiger partial charge in [0.1, 0.15) is 12.0 Å². The first-order valence-corrected chi connectivity index (χ1v) is 11.1. The average molecular weight is 472 g/mol. The average Bonchev–Trinajstić information content (AvgIpc) is 2.70. The Morgan fingerprint density at radius 1 is 1.32 bits per heavy atom. The zero-order valence-electron chi connectivity index (χ0n) is 17.6. The highest BCUT2D eigenvalue weighted by atomic mass is 35.5. The van der Waals surface area contributed by atoms with E-state index in [4.69, 9.17) is 25.8 Å². The zero-order chi connectivity index (χ0) is 23.0. The number of benzene rings is 1. The Balaban J connectivity index is 2.15. The highest BCUT2D eigenvalue weighted by molar-refractivity contribution is 7.99. The third-order valence-corrected chi connectivity index (χ3v) is 6.09. The number of rotatable bonds is 8. The van der Waals surface area contributed by atoms with Crippen LogP contribution >= 0.6 is 23.4 Å². The molecule has 1 aromatic rings. The molecule has 170 valence electrons. The van der Waals surface area contributed by atoms with Crippen molar-refractivity contribution in [3.63, 3.8) is 0 Å². The van der Waals surface area contributed by atoms with Crippen LogP contribution in [0.3, 0.4) is 0 Å². The Morgan fingerprint density at radius 3 is 2.65 bits per heavy atom. The van der Waals surface area contributed by atoms with E-state index in [2.05, 4.69) is 0 Å². The molecule has 1 aromatic carbocycles. The highest BCUT2D eigenvalue weighted by Crippen LogP contribution is 2.35. The van der Waals surface area contributed by atoms with Gasteiger partial charge in [-0.2, -0.15) is 0 Å². The molecule has 0 spiro atoms. The van der Waals surface area contributed by atoms with E-state index in [1.807, 2.05) is 4.90 Å². The minimum atomic E-state index is -1.09. The van der Waals surface area contributed by atoms with E-state index >= 15 is 0 Å². The fourth-order valence-electron chi connectivity index (χ4n) is 3.26. The van der Waals surface area contributed by atoms with Crippen LogP contribution in [0.25, 0.3) is 0 Å². The van der Waals surface area contributed by atoms with Gasteiger partial charge in [0.2, 0.25) is 0 Å². The van der Waals surface area contributed by atoms with Crippen LogP contribution in [-0.2, 0) is 23.8 Å². The van der Waals surface area contributed by atoms with Crippen LogP contribution in [0.15, 0.2) is 35.9 Å². The van der Waals surface area contributed by atoms with Crippen LogP contribution in [0.5, 0.6) is 0 Å². The van der Waals surface area contributed by atoms with Crippen LogP contribution in [-0.4, -0.2) is 65.6 Å². The standard InChI is InChI=1S/C21H26ClNO7S/c1-13(2)30-21(27)29-12-31-17-8-9-23(11-14(17)10-18(24)25)19(20(26)28-3)15-6-4-5-7-16(15)22/h4-7,10,13,17,19H,8-9,11-12H2,1-3H3,(H,24,25)/b14-10+/t17-,19+/m1/s1. The summed E-state index contributed by atoms with van der Waals surface area (Å²) in [5.41, 5.74) is 1.20. The smallest absolute Gasteiger partial charge is 0.478 e. The molecule has 10 heteroatoms. The first kappa shape index (κ1) is 25.0. The Morgan fingerprint density at radius 2 is 2.03 bits per heavy atom. The monoisotopic (exact) mass is 471 g/mol. The maximum Gasteiger partial charge on any atom is 0.509 e. The zero-order valence-corrected chi connectivity index (χ0v) is 19.1. The molecule has 1 aliphatic rings. The molecule has 0 aromatic heterocycles. The van der Waals surface area contributed by atoms with Gasteiger partial charge in [-0.15, -0.1) is 11.8 Å². The number of carbonyl (C=O) groups excluding carboxylic acids is 2. The minimum Gasteiger partial charge on any atom is -0.478 e. The van der Waals surface area contributed by atoms with Gasteiger partial charge in [-0.1, -0.05) is 29.8 Å². The number of methoxy groups -OCH3 is 1. The quantitative estimate of drug-likeness (QED) is 0.343. The van der Waals surface area contributed by atoms with Crippen LogP contribution in [0.2, 0.25) is 5.02 Å². The molecule has 1 aliphatic heterocycles. The predicted molar refractivity (Wildman–Crippen MR) is 117 cm³/mol. The van der Waals surface area contributed by atoms with E-state index in [0.29, 0.717) is 29.1 Å². The fourth-order valence-corrected chi connectivity index (χ4v) is 4.46. The summed E-state index contributed by atoms with van der Waals surface area (Å²) in [5, 5.41) is 9.55. The summed E-state index contributed by atoms with van der Waals surface area (Å²) < 4.78 is 15.0. The van der Waals surface area contributed by atoms with Crippen LogP contribution < -0.4 is 0 Å². The summed E-state index contributed by atoms with van der Waals surface area (Å²) in [4.78, 5) is 37.4. The van der Waals surface area contributed by atoms with Crippen LogP contribution in [0.1, 0.15) is 31.9 Å². The van der Waals surface area contributed by atoms with E-state index in [1.54, 1.807) is 38.1 Å². The normalized spacial score (nSPS) is 19.1. The fraction of sp³-hybridized carbons (Fsp3) is 0.476. The second-order valence-electron chi connectivity index (χ2n) is 7.10. The van der Waals surface area contributed by atoms with Gasteiger partial charge < -0.3 is 19.3 Å². The predicted octanol–water partition coefficient (Wildman–Crippen LogP) is 3.89. The number of piperidine rings is 1.